The quantitative estimate of drug-likeness (QED) is 0.612. The van der Waals surface area contributed by atoms with Gasteiger partial charge in [-0.15, -0.1) is 0 Å². The Morgan fingerprint density at radius 3 is 2.39 bits per heavy atom. The van der Waals surface area contributed by atoms with Gasteiger partial charge in [0.05, 0.1) is 13.2 Å². The van der Waals surface area contributed by atoms with Crippen molar-refractivity contribution in [3.63, 3.8) is 0 Å². The molecule has 0 saturated carbocycles. The summed E-state index contributed by atoms with van der Waals surface area (Å²) in [7, 11) is 1.61. The van der Waals surface area contributed by atoms with E-state index in [2.05, 4.69) is 11.0 Å². The molecule has 1 saturated heterocycles. The predicted octanol–water partition coefficient (Wildman–Crippen LogP) is 4.94. The minimum absolute atomic E-state index is 0.0901. The maximum absolute atomic E-state index is 5.92. The second kappa shape index (κ2) is 10.2. The van der Waals surface area contributed by atoms with Crippen LogP contribution in [-0.4, -0.2) is 44.4 Å². The molecule has 2 aromatic carbocycles. The molecule has 0 amide bonds. The third-order valence-corrected chi connectivity index (χ3v) is 4.60. The summed E-state index contributed by atoms with van der Waals surface area (Å²) in [4.78, 5) is 2.47. The molecular formula is C23H30NO4. The van der Waals surface area contributed by atoms with Crippen LogP contribution >= 0.6 is 0 Å². The van der Waals surface area contributed by atoms with Crippen LogP contribution in [0.3, 0.4) is 0 Å². The number of rotatable bonds is 9. The molecule has 0 unspecified atom stereocenters. The number of benzene rings is 2. The van der Waals surface area contributed by atoms with Crippen molar-refractivity contribution >= 4 is 0 Å². The van der Waals surface area contributed by atoms with Crippen LogP contribution in [0.2, 0.25) is 0 Å². The Hall–Kier alpha value is -2.40. The zero-order valence-electron chi connectivity index (χ0n) is 17.1. The summed E-state index contributed by atoms with van der Waals surface area (Å²) in [5, 5.41) is 0. The Labute approximate surface area is 168 Å². The van der Waals surface area contributed by atoms with E-state index in [1.807, 2.05) is 44.2 Å². The van der Waals surface area contributed by atoms with Crippen LogP contribution < -0.4 is 18.9 Å². The Kier molecular flexibility index (Phi) is 7.43. The van der Waals surface area contributed by atoms with Crippen LogP contribution in [0.5, 0.6) is 28.7 Å². The summed E-state index contributed by atoms with van der Waals surface area (Å²) < 4.78 is 22.9. The molecule has 1 radical (unpaired) electrons. The number of likely N-dealkylation sites (tertiary alicyclic amines) is 1. The SMILES string of the molecule is COc1cc(OC(C)C)c[c]c1Oc1ccc(OCCN2CCCCC2)cc1. The molecule has 0 bridgehead atoms. The molecule has 151 valence electrons. The smallest absolute Gasteiger partial charge is 0.177 e. The van der Waals surface area contributed by atoms with Gasteiger partial charge in [-0.25, -0.2) is 0 Å². The maximum atomic E-state index is 5.92. The lowest BCUT2D eigenvalue weighted by molar-refractivity contribution is 0.183. The molecule has 1 aliphatic rings. The summed E-state index contributed by atoms with van der Waals surface area (Å²) in [5.41, 5.74) is 0. The van der Waals surface area contributed by atoms with E-state index in [1.165, 1.54) is 32.4 Å². The van der Waals surface area contributed by atoms with E-state index in [4.69, 9.17) is 18.9 Å². The number of methoxy groups -OCH3 is 1. The predicted molar refractivity (Wildman–Crippen MR) is 110 cm³/mol. The topological polar surface area (TPSA) is 40.2 Å². The molecule has 2 aromatic rings. The van der Waals surface area contributed by atoms with E-state index in [9.17, 15) is 0 Å². The summed E-state index contributed by atoms with van der Waals surface area (Å²) in [5.74, 6) is 3.37. The van der Waals surface area contributed by atoms with E-state index >= 15 is 0 Å². The van der Waals surface area contributed by atoms with Crippen molar-refractivity contribution in [1.29, 1.82) is 0 Å². The summed E-state index contributed by atoms with van der Waals surface area (Å²) in [6.45, 7) is 8.03. The van der Waals surface area contributed by atoms with E-state index in [-0.39, 0.29) is 6.10 Å². The van der Waals surface area contributed by atoms with Gasteiger partial charge in [-0.1, -0.05) is 6.42 Å². The number of hydrogen-bond acceptors (Lipinski definition) is 5. The highest BCUT2D eigenvalue weighted by Crippen LogP contribution is 2.34. The lowest BCUT2D eigenvalue weighted by atomic mass is 10.1. The van der Waals surface area contributed by atoms with E-state index < -0.39 is 0 Å². The van der Waals surface area contributed by atoms with Gasteiger partial charge in [-0.2, -0.15) is 0 Å². The molecular weight excluding hydrogens is 354 g/mol. The summed E-state index contributed by atoms with van der Waals surface area (Å²) >= 11 is 0. The second-order valence-electron chi connectivity index (χ2n) is 7.22. The van der Waals surface area contributed by atoms with Gasteiger partial charge in [0.1, 0.15) is 23.9 Å². The van der Waals surface area contributed by atoms with Crippen LogP contribution in [-0.2, 0) is 0 Å². The Bertz CT molecular complexity index is 724. The minimum Gasteiger partial charge on any atom is -0.493 e. The number of hydrogen-bond donors (Lipinski definition) is 0. The van der Waals surface area contributed by atoms with Gasteiger partial charge in [0, 0.05) is 18.7 Å². The molecule has 3 rings (SSSR count). The first-order valence-electron chi connectivity index (χ1n) is 10.0. The van der Waals surface area contributed by atoms with Gasteiger partial charge in [0.25, 0.3) is 0 Å². The standard InChI is InChI=1S/C23H30NO4/c1-18(2)27-21-11-12-22(23(17-21)25-3)28-20-9-7-19(8-10-20)26-16-15-24-13-5-4-6-14-24/h7-11,17-18H,4-6,13-16H2,1-3H3. The second-order valence-corrected chi connectivity index (χ2v) is 7.22. The van der Waals surface area contributed by atoms with E-state index in [0.717, 1.165) is 12.3 Å². The number of nitrogens with zero attached hydrogens (tertiary/aromatic N) is 1. The fourth-order valence-corrected chi connectivity index (χ4v) is 3.21. The fourth-order valence-electron chi connectivity index (χ4n) is 3.21. The highest BCUT2D eigenvalue weighted by Gasteiger charge is 2.11. The fraction of sp³-hybridized carbons (Fsp3) is 0.478. The zero-order valence-corrected chi connectivity index (χ0v) is 17.1. The Balaban J connectivity index is 1.53. The van der Waals surface area contributed by atoms with Gasteiger partial charge in [-0.3, -0.25) is 4.90 Å². The van der Waals surface area contributed by atoms with Crippen molar-refractivity contribution in [2.45, 2.75) is 39.2 Å². The van der Waals surface area contributed by atoms with Crippen molar-refractivity contribution in [2.24, 2.45) is 0 Å². The molecule has 0 N–H and O–H groups in total. The molecule has 5 nitrogen and oxygen atoms in total. The monoisotopic (exact) mass is 384 g/mol. The first-order chi connectivity index (χ1) is 13.6. The highest BCUT2D eigenvalue weighted by atomic mass is 16.5. The summed E-state index contributed by atoms with van der Waals surface area (Å²) in [6.07, 6.45) is 4.05. The third kappa shape index (κ3) is 6.06. The Morgan fingerprint density at radius 1 is 1.00 bits per heavy atom. The molecule has 28 heavy (non-hydrogen) atoms. The largest absolute Gasteiger partial charge is 0.493 e. The molecule has 0 spiro atoms. The first-order valence-corrected chi connectivity index (χ1v) is 10.0. The van der Waals surface area contributed by atoms with Crippen LogP contribution in [0.1, 0.15) is 33.1 Å². The average molecular weight is 384 g/mol. The van der Waals surface area contributed by atoms with Crippen LogP contribution in [0.4, 0.5) is 0 Å². The normalized spacial score (nSPS) is 14.7. The molecule has 0 aromatic heterocycles. The molecule has 0 atom stereocenters. The van der Waals surface area contributed by atoms with Crippen LogP contribution in [0.25, 0.3) is 0 Å². The van der Waals surface area contributed by atoms with Crippen molar-refractivity contribution in [3.05, 3.63) is 42.5 Å². The van der Waals surface area contributed by atoms with E-state index in [0.29, 0.717) is 29.6 Å². The van der Waals surface area contributed by atoms with Crippen LogP contribution in [0, 0.1) is 6.07 Å². The van der Waals surface area contributed by atoms with Gasteiger partial charge in [0.2, 0.25) is 0 Å². The highest BCUT2D eigenvalue weighted by molar-refractivity contribution is 5.47. The molecule has 1 aliphatic heterocycles. The maximum Gasteiger partial charge on any atom is 0.177 e. The molecule has 5 heteroatoms. The Morgan fingerprint density at radius 2 is 1.71 bits per heavy atom. The van der Waals surface area contributed by atoms with Crippen molar-refractivity contribution in [3.8, 4) is 28.7 Å². The zero-order chi connectivity index (χ0) is 19.8. The van der Waals surface area contributed by atoms with E-state index in [1.54, 1.807) is 13.2 Å². The first kappa shape index (κ1) is 20.3. The number of ether oxygens (including phenoxy) is 4. The van der Waals surface area contributed by atoms with Gasteiger partial charge < -0.3 is 18.9 Å². The minimum atomic E-state index is 0.0901. The van der Waals surface area contributed by atoms with Gasteiger partial charge >= 0.3 is 0 Å². The third-order valence-electron chi connectivity index (χ3n) is 4.60. The molecule has 0 aliphatic carbocycles. The van der Waals surface area contributed by atoms with Crippen molar-refractivity contribution in [1.82, 2.24) is 4.90 Å². The summed E-state index contributed by atoms with van der Waals surface area (Å²) in [6, 6.07) is 14.3. The average Bonchev–Trinajstić information content (AvgIpc) is 2.71. The van der Waals surface area contributed by atoms with Crippen LogP contribution in [0.15, 0.2) is 36.4 Å². The number of piperidine rings is 1. The lowest BCUT2D eigenvalue weighted by Gasteiger charge is -2.26. The van der Waals surface area contributed by atoms with Gasteiger partial charge in [-0.05, 0) is 70.1 Å². The molecule has 1 heterocycles. The van der Waals surface area contributed by atoms with Crippen molar-refractivity contribution < 1.29 is 18.9 Å². The molecule has 1 fully saturated rings. The van der Waals surface area contributed by atoms with Gasteiger partial charge in [0.15, 0.2) is 11.5 Å². The van der Waals surface area contributed by atoms with Crippen molar-refractivity contribution in [2.75, 3.05) is 33.4 Å². The lowest BCUT2D eigenvalue weighted by Crippen LogP contribution is -2.33.